The smallest absolute Gasteiger partial charge is 0.361 e. The molecule has 1 aliphatic rings. The average molecular weight is 309 g/mol. The lowest BCUT2D eigenvalue weighted by Crippen LogP contribution is -2.85. The van der Waals surface area contributed by atoms with E-state index in [1.165, 1.54) is 5.56 Å². The lowest BCUT2D eigenvalue weighted by molar-refractivity contribution is -0.475. The maximum Gasteiger partial charge on any atom is 0.361 e. The van der Waals surface area contributed by atoms with Crippen LogP contribution in [0.2, 0.25) is 0 Å². The molecule has 4 heteroatoms. The van der Waals surface area contributed by atoms with E-state index in [4.69, 9.17) is 0 Å². The highest BCUT2D eigenvalue weighted by atomic mass is 16.3. The third-order valence-electron chi connectivity index (χ3n) is 4.15. The van der Waals surface area contributed by atoms with Crippen molar-refractivity contribution in [2.75, 3.05) is 0 Å². The number of fused-ring (bicyclic) bond motifs is 1. The first-order valence-corrected chi connectivity index (χ1v) is 7.91. The fourth-order valence-electron chi connectivity index (χ4n) is 2.74. The summed E-state index contributed by atoms with van der Waals surface area (Å²) < 4.78 is 0. The van der Waals surface area contributed by atoms with E-state index in [-0.39, 0.29) is 5.91 Å². The van der Waals surface area contributed by atoms with Gasteiger partial charge < -0.3 is 5.11 Å². The molecule has 118 valence electrons. The maximum atomic E-state index is 11.8. The number of carbonyl (C=O) groups is 1. The Morgan fingerprint density at radius 3 is 2.61 bits per heavy atom. The van der Waals surface area contributed by atoms with E-state index in [2.05, 4.69) is 4.99 Å². The number of amides is 1. The van der Waals surface area contributed by atoms with Gasteiger partial charge in [-0.05, 0) is 30.5 Å². The Labute approximate surface area is 135 Å². The van der Waals surface area contributed by atoms with Crippen molar-refractivity contribution in [3.05, 3.63) is 59.2 Å². The molecule has 3 N–H and O–H groups in total. The molecule has 0 bridgehead atoms. The zero-order chi connectivity index (χ0) is 16.4. The number of benzene rings is 2. The van der Waals surface area contributed by atoms with Gasteiger partial charge in [-0.25, -0.2) is 15.1 Å². The van der Waals surface area contributed by atoms with Crippen LogP contribution in [0.1, 0.15) is 36.1 Å². The highest BCUT2D eigenvalue weighted by molar-refractivity contribution is 6.36. The first kappa shape index (κ1) is 15.6. The molecule has 1 atom stereocenters. The summed E-state index contributed by atoms with van der Waals surface area (Å²) >= 11 is 0. The number of rotatable bonds is 4. The number of nitrogens with two attached hydrogens (primary N) is 1. The molecule has 3 rings (SSSR count). The van der Waals surface area contributed by atoms with Gasteiger partial charge in [-0.2, -0.15) is 0 Å². The quantitative estimate of drug-likeness (QED) is 0.852. The van der Waals surface area contributed by atoms with Gasteiger partial charge in [0, 0.05) is 12.5 Å². The van der Waals surface area contributed by atoms with Gasteiger partial charge in [0.15, 0.2) is 5.69 Å². The van der Waals surface area contributed by atoms with Crippen LogP contribution in [0.3, 0.4) is 0 Å². The van der Waals surface area contributed by atoms with Gasteiger partial charge in [-0.15, -0.1) is 0 Å². The minimum Gasteiger partial charge on any atom is -0.388 e. The summed E-state index contributed by atoms with van der Waals surface area (Å²) in [4.78, 5) is 16.3. The van der Waals surface area contributed by atoms with E-state index in [1.807, 2.05) is 56.3 Å². The van der Waals surface area contributed by atoms with Crippen LogP contribution in [-0.2, 0) is 11.2 Å². The molecule has 0 fully saturated rings. The van der Waals surface area contributed by atoms with Crippen molar-refractivity contribution in [1.82, 2.24) is 0 Å². The Kier molecular flexibility index (Phi) is 4.37. The van der Waals surface area contributed by atoms with Gasteiger partial charge in [0.2, 0.25) is 0 Å². The standard InChI is InChI=1S/C19H20N2O2/c1-3-15-19(23)21-16-9-6-13(10-17(16)20-15)11-18(22)14-7-4-12(2)5-8-14/h4-10,18,22H,3,11H2,1-2H3,(H,21,23)/p+1. The zero-order valence-electron chi connectivity index (χ0n) is 13.4. The summed E-state index contributed by atoms with van der Waals surface area (Å²) in [6.45, 7) is 3.96. The number of quaternary nitrogens is 1. The molecule has 23 heavy (non-hydrogen) atoms. The number of aliphatic hydroxyl groups is 1. The number of hydrogen-bond acceptors (Lipinski definition) is 3. The van der Waals surface area contributed by atoms with Crippen molar-refractivity contribution in [3.63, 3.8) is 0 Å². The topological polar surface area (TPSA) is 66.3 Å². The highest BCUT2D eigenvalue weighted by Crippen LogP contribution is 2.27. The second kappa shape index (κ2) is 6.44. The summed E-state index contributed by atoms with van der Waals surface area (Å²) in [5, 5.41) is 12.1. The molecule has 0 saturated heterocycles. The normalized spacial score (nSPS) is 15.1. The molecule has 1 aliphatic heterocycles. The third-order valence-corrected chi connectivity index (χ3v) is 4.15. The van der Waals surface area contributed by atoms with Crippen LogP contribution >= 0.6 is 0 Å². The summed E-state index contributed by atoms with van der Waals surface area (Å²) in [6.07, 6.45) is 0.615. The minimum absolute atomic E-state index is 0.00700. The SMILES string of the molecule is CCC1=Nc2cc(CC(O)c3ccc(C)cc3)ccc2[NH2+]C1=O. The number of nitrogens with zero attached hydrogens (tertiary/aromatic N) is 1. The van der Waals surface area contributed by atoms with Gasteiger partial charge in [0.05, 0.1) is 6.10 Å². The molecule has 2 aromatic carbocycles. The van der Waals surface area contributed by atoms with E-state index < -0.39 is 6.10 Å². The number of aliphatic hydroxyl groups excluding tert-OH is 1. The van der Waals surface area contributed by atoms with E-state index in [9.17, 15) is 9.90 Å². The lowest BCUT2D eigenvalue weighted by atomic mass is 9.99. The van der Waals surface area contributed by atoms with Gasteiger partial charge >= 0.3 is 5.91 Å². The van der Waals surface area contributed by atoms with E-state index in [0.717, 1.165) is 22.5 Å². The van der Waals surface area contributed by atoms with Gasteiger partial charge in [-0.3, -0.25) is 0 Å². The molecule has 0 aromatic heterocycles. The second-order valence-corrected chi connectivity index (χ2v) is 5.94. The highest BCUT2D eigenvalue weighted by Gasteiger charge is 2.23. The van der Waals surface area contributed by atoms with E-state index in [0.29, 0.717) is 18.6 Å². The summed E-state index contributed by atoms with van der Waals surface area (Å²) in [5.41, 5.74) is 5.35. The molecule has 0 aliphatic carbocycles. The Hall–Kier alpha value is -2.30. The number of hydrogen-bond donors (Lipinski definition) is 2. The van der Waals surface area contributed by atoms with Crippen molar-refractivity contribution in [2.24, 2.45) is 4.99 Å². The van der Waals surface area contributed by atoms with Crippen LogP contribution in [0.5, 0.6) is 0 Å². The molecular weight excluding hydrogens is 288 g/mol. The fraction of sp³-hybridized carbons (Fsp3) is 0.263. The van der Waals surface area contributed by atoms with Gasteiger partial charge in [0.25, 0.3) is 0 Å². The van der Waals surface area contributed by atoms with E-state index in [1.54, 1.807) is 5.32 Å². The maximum absolute atomic E-state index is 11.8. The van der Waals surface area contributed by atoms with Crippen molar-refractivity contribution >= 4 is 23.0 Å². The minimum atomic E-state index is -0.544. The van der Waals surface area contributed by atoms with Crippen LogP contribution in [0.4, 0.5) is 11.4 Å². The molecule has 0 radical (unpaired) electrons. The third kappa shape index (κ3) is 3.38. The van der Waals surface area contributed by atoms with Crippen LogP contribution in [0, 0.1) is 6.92 Å². The molecular formula is C19H21N2O2+. The molecule has 0 saturated carbocycles. The Bertz CT molecular complexity index is 763. The molecule has 0 spiro atoms. The fourth-order valence-corrected chi connectivity index (χ4v) is 2.74. The largest absolute Gasteiger partial charge is 0.388 e. The van der Waals surface area contributed by atoms with Crippen LogP contribution in [-0.4, -0.2) is 16.7 Å². The summed E-state index contributed by atoms with van der Waals surface area (Å²) in [7, 11) is 0. The molecule has 1 amide bonds. The van der Waals surface area contributed by atoms with Crippen LogP contribution in [0.15, 0.2) is 47.5 Å². The Morgan fingerprint density at radius 1 is 1.17 bits per heavy atom. The van der Waals surface area contributed by atoms with Crippen molar-refractivity contribution in [3.8, 4) is 0 Å². The van der Waals surface area contributed by atoms with Crippen LogP contribution < -0.4 is 5.32 Å². The first-order valence-electron chi connectivity index (χ1n) is 7.91. The molecule has 1 heterocycles. The Balaban J connectivity index is 1.82. The molecule has 2 aromatic rings. The van der Waals surface area contributed by atoms with Crippen molar-refractivity contribution < 1.29 is 15.2 Å². The van der Waals surface area contributed by atoms with Crippen molar-refractivity contribution in [1.29, 1.82) is 0 Å². The van der Waals surface area contributed by atoms with Gasteiger partial charge in [0.1, 0.15) is 11.4 Å². The monoisotopic (exact) mass is 309 g/mol. The van der Waals surface area contributed by atoms with Gasteiger partial charge in [-0.1, -0.05) is 42.8 Å². The van der Waals surface area contributed by atoms with Crippen molar-refractivity contribution in [2.45, 2.75) is 32.8 Å². The predicted molar refractivity (Wildman–Crippen MR) is 90.3 cm³/mol. The number of aryl methyl sites for hydroxylation is 1. The summed E-state index contributed by atoms with van der Waals surface area (Å²) in [6, 6.07) is 13.7. The summed E-state index contributed by atoms with van der Waals surface area (Å²) in [5.74, 6) is -0.00700. The molecule has 1 unspecified atom stereocenters. The second-order valence-electron chi connectivity index (χ2n) is 5.94. The first-order chi connectivity index (χ1) is 11.1. The number of aliphatic imine (C=N–C) groups is 1. The Morgan fingerprint density at radius 2 is 1.91 bits per heavy atom. The average Bonchev–Trinajstić information content (AvgIpc) is 2.55. The predicted octanol–water partition coefficient (Wildman–Crippen LogP) is 2.49. The van der Waals surface area contributed by atoms with E-state index >= 15 is 0 Å². The lowest BCUT2D eigenvalue weighted by Gasteiger charge is -2.14. The molecule has 4 nitrogen and oxygen atoms in total. The number of carbonyl (C=O) groups excluding carboxylic acids is 1. The number of primary amides is 1. The zero-order valence-corrected chi connectivity index (χ0v) is 13.4. The van der Waals surface area contributed by atoms with Crippen LogP contribution in [0.25, 0.3) is 0 Å².